The first-order valence-electron chi connectivity index (χ1n) is 6.03. The Kier molecular flexibility index (Phi) is 5.94. The number of hydrogen-bond acceptors (Lipinski definition) is 4. The van der Waals surface area contributed by atoms with Gasteiger partial charge in [-0.1, -0.05) is 6.07 Å². The Hall–Kier alpha value is -1.13. The number of rotatable bonds is 7. The minimum Gasteiger partial charge on any atom is -0.385 e. The lowest BCUT2D eigenvalue weighted by atomic mass is 10.1. The average Bonchev–Trinajstić information content (AvgIpc) is 2.38. The lowest BCUT2D eigenvalue weighted by Crippen LogP contribution is -2.24. The minimum atomic E-state index is 0.309. The van der Waals surface area contributed by atoms with Gasteiger partial charge in [0, 0.05) is 45.1 Å². The summed E-state index contributed by atoms with van der Waals surface area (Å²) in [5.74, 6) is 1.05. The SMILES string of the molecule is CNC(C)c1cccnc1N(C)CCCOC. The molecule has 0 saturated heterocycles. The van der Waals surface area contributed by atoms with E-state index in [-0.39, 0.29) is 0 Å². The smallest absolute Gasteiger partial charge is 0.133 e. The van der Waals surface area contributed by atoms with Crippen molar-refractivity contribution in [2.24, 2.45) is 0 Å². The molecule has 0 aliphatic heterocycles. The summed E-state index contributed by atoms with van der Waals surface area (Å²) in [5, 5.41) is 3.25. The highest BCUT2D eigenvalue weighted by Crippen LogP contribution is 2.22. The number of nitrogens with zero attached hydrogens (tertiary/aromatic N) is 2. The van der Waals surface area contributed by atoms with Crippen LogP contribution >= 0.6 is 0 Å². The van der Waals surface area contributed by atoms with E-state index in [2.05, 4.69) is 35.2 Å². The van der Waals surface area contributed by atoms with E-state index in [9.17, 15) is 0 Å². The van der Waals surface area contributed by atoms with Gasteiger partial charge in [0.25, 0.3) is 0 Å². The molecule has 0 aliphatic rings. The molecule has 96 valence electrons. The zero-order valence-electron chi connectivity index (χ0n) is 11.2. The van der Waals surface area contributed by atoms with Crippen LogP contribution in [-0.2, 0) is 4.74 Å². The van der Waals surface area contributed by atoms with Crippen LogP contribution < -0.4 is 10.2 Å². The summed E-state index contributed by atoms with van der Waals surface area (Å²) in [5.41, 5.74) is 1.23. The van der Waals surface area contributed by atoms with E-state index in [0.717, 1.165) is 25.4 Å². The maximum absolute atomic E-state index is 5.07. The number of anilines is 1. The molecule has 1 N–H and O–H groups in total. The third-order valence-corrected chi connectivity index (χ3v) is 2.92. The predicted molar refractivity (Wildman–Crippen MR) is 71.5 cm³/mol. The van der Waals surface area contributed by atoms with Gasteiger partial charge in [0.2, 0.25) is 0 Å². The van der Waals surface area contributed by atoms with Crippen LogP contribution in [-0.4, -0.2) is 39.3 Å². The quantitative estimate of drug-likeness (QED) is 0.734. The first-order chi connectivity index (χ1) is 8.20. The molecule has 0 saturated carbocycles. The van der Waals surface area contributed by atoms with Crippen molar-refractivity contribution >= 4 is 5.82 Å². The van der Waals surface area contributed by atoms with Crippen molar-refractivity contribution < 1.29 is 4.74 Å². The molecule has 0 bridgehead atoms. The van der Waals surface area contributed by atoms with E-state index in [1.807, 2.05) is 19.3 Å². The van der Waals surface area contributed by atoms with Crippen LogP contribution in [0.15, 0.2) is 18.3 Å². The van der Waals surface area contributed by atoms with Crippen molar-refractivity contribution in [2.75, 3.05) is 39.3 Å². The monoisotopic (exact) mass is 237 g/mol. The van der Waals surface area contributed by atoms with Crippen LogP contribution in [0, 0.1) is 0 Å². The highest BCUT2D eigenvalue weighted by Gasteiger charge is 2.12. The van der Waals surface area contributed by atoms with E-state index < -0.39 is 0 Å². The van der Waals surface area contributed by atoms with Gasteiger partial charge in [0.1, 0.15) is 5.82 Å². The number of methoxy groups -OCH3 is 1. The molecular formula is C13H23N3O. The van der Waals surface area contributed by atoms with Crippen LogP contribution in [0.25, 0.3) is 0 Å². The van der Waals surface area contributed by atoms with Gasteiger partial charge in [0.15, 0.2) is 0 Å². The molecule has 0 spiro atoms. The Labute approximate surface area is 104 Å². The molecule has 0 fully saturated rings. The van der Waals surface area contributed by atoms with Crippen molar-refractivity contribution in [3.05, 3.63) is 23.9 Å². The zero-order valence-corrected chi connectivity index (χ0v) is 11.2. The summed E-state index contributed by atoms with van der Waals surface area (Å²) in [6.45, 7) is 3.88. The minimum absolute atomic E-state index is 0.309. The first kappa shape index (κ1) is 13.9. The topological polar surface area (TPSA) is 37.4 Å². The molecule has 0 aliphatic carbocycles. The third-order valence-electron chi connectivity index (χ3n) is 2.92. The Balaban J connectivity index is 2.74. The fourth-order valence-electron chi connectivity index (χ4n) is 1.77. The molecule has 1 heterocycles. The van der Waals surface area contributed by atoms with Crippen molar-refractivity contribution in [1.82, 2.24) is 10.3 Å². The summed E-state index contributed by atoms with van der Waals surface area (Å²) >= 11 is 0. The van der Waals surface area contributed by atoms with E-state index in [4.69, 9.17) is 4.74 Å². The van der Waals surface area contributed by atoms with Crippen LogP contribution in [0.1, 0.15) is 24.9 Å². The zero-order chi connectivity index (χ0) is 12.7. The molecule has 1 unspecified atom stereocenters. The highest BCUT2D eigenvalue weighted by atomic mass is 16.5. The van der Waals surface area contributed by atoms with Crippen LogP contribution in [0.4, 0.5) is 5.82 Å². The molecule has 0 amide bonds. The molecular weight excluding hydrogens is 214 g/mol. The largest absolute Gasteiger partial charge is 0.385 e. The molecule has 4 heteroatoms. The summed E-state index contributed by atoms with van der Waals surface area (Å²) in [4.78, 5) is 6.65. The van der Waals surface area contributed by atoms with Gasteiger partial charge in [-0.05, 0) is 26.5 Å². The van der Waals surface area contributed by atoms with Gasteiger partial charge in [-0.3, -0.25) is 0 Å². The predicted octanol–water partition coefficient (Wildman–Crippen LogP) is 1.83. The van der Waals surface area contributed by atoms with Gasteiger partial charge in [-0.25, -0.2) is 4.98 Å². The molecule has 1 aromatic heterocycles. The van der Waals surface area contributed by atoms with E-state index >= 15 is 0 Å². The molecule has 1 aromatic rings. The second-order valence-electron chi connectivity index (χ2n) is 4.19. The van der Waals surface area contributed by atoms with Gasteiger partial charge < -0.3 is 15.0 Å². The summed E-state index contributed by atoms with van der Waals surface area (Å²) in [6.07, 6.45) is 2.85. The normalized spacial score (nSPS) is 12.5. The average molecular weight is 237 g/mol. The maximum Gasteiger partial charge on any atom is 0.133 e. The number of nitrogens with one attached hydrogen (secondary N) is 1. The van der Waals surface area contributed by atoms with E-state index in [0.29, 0.717) is 6.04 Å². The first-order valence-corrected chi connectivity index (χ1v) is 6.03. The summed E-state index contributed by atoms with van der Waals surface area (Å²) in [6, 6.07) is 4.41. The molecule has 1 rings (SSSR count). The van der Waals surface area contributed by atoms with E-state index in [1.165, 1.54) is 5.56 Å². The second kappa shape index (κ2) is 7.25. The van der Waals surface area contributed by atoms with Crippen LogP contribution in [0.3, 0.4) is 0 Å². The molecule has 17 heavy (non-hydrogen) atoms. The van der Waals surface area contributed by atoms with Gasteiger partial charge in [-0.2, -0.15) is 0 Å². The lowest BCUT2D eigenvalue weighted by Gasteiger charge is -2.23. The second-order valence-corrected chi connectivity index (χ2v) is 4.19. The number of hydrogen-bond donors (Lipinski definition) is 1. The molecule has 0 aromatic carbocycles. The molecule has 1 atom stereocenters. The standard InChI is InChI=1S/C13H23N3O/c1-11(14-2)12-7-5-8-15-13(12)16(3)9-6-10-17-4/h5,7-8,11,14H,6,9-10H2,1-4H3. The van der Waals surface area contributed by atoms with Gasteiger partial charge in [0.05, 0.1) is 0 Å². The van der Waals surface area contributed by atoms with Crippen molar-refractivity contribution in [1.29, 1.82) is 0 Å². The van der Waals surface area contributed by atoms with Gasteiger partial charge >= 0.3 is 0 Å². The van der Waals surface area contributed by atoms with Gasteiger partial charge in [-0.15, -0.1) is 0 Å². The summed E-state index contributed by atoms with van der Waals surface area (Å²) in [7, 11) is 5.77. The summed E-state index contributed by atoms with van der Waals surface area (Å²) < 4.78 is 5.07. The Bertz CT molecular complexity index is 330. The van der Waals surface area contributed by atoms with Crippen LogP contribution in [0.2, 0.25) is 0 Å². The Morgan fingerprint density at radius 3 is 2.94 bits per heavy atom. The Morgan fingerprint density at radius 1 is 1.53 bits per heavy atom. The maximum atomic E-state index is 5.07. The number of ether oxygens (including phenoxy) is 1. The number of aromatic nitrogens is 1. The van der Waals surface area contributed by atoms with Crippen LogP contribution in [0.5, 0.6) is 0 Å². The van der Waals surface area contributed by atoms with E-state index in [1.54, 1.807) is 7.11 Å². The van der Waals surface area contributed by atoms with Crippen molar-refractivity contribution in [3.63, 3.8) is 0 Å². The lowest BCUT2D eigenvalue weighted by molar-refractivity contribution is 0.196. The third kappa shape index (κ3) is 3.98. The highest BCUT2D eigenvalue weighted by molar-refractivity contribution is 5.47. The molecule has 4 nitrogen and oxygen atoms in total. The fourth-order valence-corrected chi connectivity index (χ4v) is 1.77. The fraction of sp³-hybridized carbons (Fsp3) is 0.615. The van der Waals surface area contributed by atoms with Crippen molar-refractivity contribution in [2.45, 2.75) is 19.4 Å². The Morgan fingerprint density at radius 2 is 2.29 bits per heavy atom. The van der Waals surface area contributed by atoms with Crippen molar-refractivity contribution in [3.8, 4) is 0 Å². The number of pyridine rings is 1. The molecule has 0 radical (unpaired) electrons.